The van der Waals surface area contributed by atoms with E-state index in [1.807, 2.05) is 35.2 Å². The van der Waals surface area contributed by atoms with Crippen molar-refractivity contribution in [1.82, 2.24) is 4.90 Å². The van der Waals surface area contributed by atoms with Crippen molar-refractivity contribution in [3.8, 4) is 0 Å². The summed E-state index contributed by atoms with van der Waals surface area (Å²) in [5.41, 5.74) is 1.83. The molecule has 0 spiro atoms. The van der Waals surface area contributed by atoms with Crippen LogP contribution in [0, 0.1) is 18.7 Å². The van der Waals surface area contributed by atoms with Gasteiger partial charge in [-0.1, -0.05) is 42.5 Å². The molecule has 29 heavy (non-hydrogen) atoms. The van der Waals surface area contributed by atoms with E-state index < -0.39 is 0 Å². The number of Topliss-reactive ketones (excluding diaryl/α,β-unsaturated/α-hetero) is 1. The van der Waals surface area contributed by atoms with Crippen LogP contribution in [0.25, 0.3) is 0 Å². The molecule has 0 saturated carbocycles. The third-order valence-corrected chi connectivity index (χ3v) is 6.29. The number of hydrogen-bond donors (Lipinski definition) is 0. The van der Waals surface area contributed by atoms with Crippen LogP contribution in [-0.4, -0.2) is 28.9 Å². The van der Waals surface area contributed by atoms with Gasteiger partial charge in [0.05, 0.1) is 0 Å². The zero-order valence-electron chi connectivity index (χ0n) is 16.6. The zero-order chi connectivity index (χ0) is 20.4. The number of nitrogens with zero attached hydrogens (tertiary/aromatic N) is 1. The van der Waals surface area contributed by atoms with Gasteiger partial charge in [0.25, 0.3) is 0 Å². The first-order valence-corrected chi connectivity index (χ1v) is 10.3. The molecule has 4 rings (SSSR count). The molecular weight excluding hydrogens is 369 g/mol. The van der Waals surface area contributed by atoms with E-state index >= 15 is 0 Å². The fraction of sp³-hybridized carbons (Fsp3) is 0.417. The van der Waals surface area contributed by atoms with E-state index in [4.69, 9.17) is 4.74 Å². The van der Waals surface area contributed by atoms with Crippen molar-refractivity contribution < 1.29 is 18.7 Å². The van der Waals surface area contributed by atoms with Gasteiger partial charge in [0.2, 0.25) is 0 Å². The van der Waals surface area contributed by atoms with Crippen LogP contribution in [0.2, 0.25) is 0 Å². The molecule has 0 aromatic heterocycles. The van der Waals surface area contributed by atoms with Gasteiger partial charge in [-0.3, -0.25) is 4.79 Å². The van der Waals surface area contributed by atoms with Crippen molar-refractivity contribution in [3.63, 3.8) is 0 Å². The van der Waals surface area contributed by atoms with Gasteiger partial charge >= 0.3 is 6.09 Å². The predicted octanol–water partition coefficient (Wildman–Crippen LogP) is 5.29. The SMILES string of the molecule is Cc1c(F)cccc1C(=O)C1CC2CCCC(C1)N2C(=O)OCc1ccccc1. The van der Waals surface area contributed by atoms with Gasteiger partial charge in [0.1, 0.15) is 12.4 Å². The Morgan fingerprint density at radius 1 is 1.03 bits per heavy atom. The lowest BCUT2D eigenvalue weighted by atomic mass is 9.75. The molecule has 2 aliphatic heterocycles. The van der Waals surface area contributed by atoms with Crippen LogP contribution in [0.5, 0.6) is 0 Å². The molecular formula is C24H26FNO3. The molecule has 2 aromatic rings. The van der Waals surface area contributed by atoms with E-state index in [1.165, 1.54) is 6.07 Å². The second-order valence-corrected chi connectivity index (χ2v) is 8.13. The second-order valence-electron chi connectivity index (χ2n) is 8.13. The van der Waals surface area contributed by atoms with E-state index in [9.17, 15) is 14.0 Å². The molecule has 2 unspecified atom stereocenters. The second kappa shape index (κ2) is 8.36. The Morgan fingerprint density at radius 3 is 2.41 bits per heavy atom. The van der Waals surface area contributed by atoms with Gasteiger partial charge in [-0.15, -0.1) is 0 Å². The summed E-state index contributed by atoms with van der Waals surface area (Å²) >= 11 is 0. The number of carbonyl (C=O) groups excluding carboxylic acids is 2. The largest absolute Gasteiger partial charge is 0.445 e. The van der Waals surface area contributed by atoms with Gasteiger partial charge in [-0.05, 0) is 56.2 Å². The number of benzene rings is 2. The normalized spacial score (nSPS) is 23.5. The molecule has 5 heteroatoms. The molecule has 2 atom stereocenters. The summed E-state index contributed by atoms with van der Waals surface area (Å²) in [6.07, 6.45) is 3.75. The van der Waals surface area contributed by atoms with Crippen LogP contribution in [0.15, 0.2) is 48.5 Å². The maximum Gasteiger partial charge on any atom is 0.410 e. The van der Waals surface area contributed by atoms with Crippen LogP contribution in [0.3, 0.4) is 0 Å². The number of ether oxygens (including phenoxy) is 1. The Bertz CT molecular complexity index is 884. The highest BCUT2D eigenvalue weighted by atomic mass is 19.1. The van der Waals surface area contributed by atoms with E-state index in [0.29, 0.717) is 24.0 Å². The molecule has 0 aliphatic carbocycles. The molecule has 2 aliphatic rings. The highest BCUT2D eigenvalue weighted by Crippen LogP contribution is 2.39. The van der Waals surface area contributed by atoms with Crippen LogP contribution in [0.4, 0.5) is 9.18 Å². The molecule has 2 aromatic carbocycles. The van der Waals surface area contributed by atoms with Crippen LogP contribution < -0.4 is 0 Å². The highest BCUT2D eigenvalue weighted by Gasteiger charge is 2.44. The van der Waals surface area contributed by atoms with Crippen molar-refractivity contribution in [3.05, 3.63) is 71.0 Å². The summed E-state index contributed by atoms with van der Waals surface area (Å²) in [6, 6.07) is 14.3. The molecule has 2 bridgehead atoms. The van der Waals surface area contributed by atoms with Crippen LogP contribution >= 0.6 is 0 Å². The number of piperidine rings is 2. The lowest BCUT2D eigenvalue weighted by molar-refractivity contribution is 0.00470. The van der Waals surface area contributed by atoms with E-state index in [1.54, 1.807) is 19.1 Å². The number of halogens is 1. The quantitative estimate of drug-likeness (QED) is 0.661. The molecule has 0 N–H and O–H groups in total. The minimum Gasteiger partial charge on any atom is -0.445 e. The van der Waals surface area contributed by atoms with Crippen molar-refractivity contribution in [2.75, 3.05) is 0 Å². The molecule has 2 heterocycles. The number of carbonyl (C=O) groups is 2. The molecule has 2 saturated heterocycles. The summed E-state index contributed by atoms with van der Waals surface area (Å²) in [7, 11) is 0. The van der Waals surface area contributed by atoms with Crippen molar-refractivity contribution in [2.45, 2.75) is 57.7 Å². The van der Waals surface area contributed by atoms with Gasteiger partial charge in [-0.2, -0.15) is 0 Å². The van der Waals surface area contributed by atoms with Gasteiger partial charge in [0, 0.05) is 23.6 Å². The summed E-state index contributed by atoms with van der Waals surface area (Å²) in [4.78, 5) is 27.7. The first-order valence-electron chi connectivity index (χ1n) is 10.3. The number of hydrogen-bond acceptors (Lipinski definition) is 3. The van der Waals surface area contributed by atoms with Gasteiger partial charge in [0.15, 0.2) is 5.78 Å². The van der Waals surface area contributed by atoms with Crippen molar-refractivity contribution >= 4 is 11.9 Å². The lowest BCUT2D eigenvalue weighted by Gasteiger charge is -2.47. The van der Waals surface area contributed by atoms with Crippen LogP contribution in [0.1, 0.15) is 53.6 Å². The van der Waals surface area contributed by atoms with E-state index in [-0.39, 0.29) is 42.3 Å². The smallest absolute Gasteiger partial charge is 0.410 e. The molecule has 4 nitrogen and oxygen atoms in total. The maximum absolute atomic E-state index is 13.9. The van der Waals surface area contributed by atoms with Gasteiger partial charge < -0.3 is 9.64 Å². The molecule has 0 radical (unpaired) electrons. The van der Waals surface area contributed by atoms with E-state index in [2.05, 4.69) is 0 Å². The Kier molecular flexibility index (Phi) is 5.65. The Labute approximate surface area is 170 Å². The summed E-state index contributed by atoms with van der Waals surface area (Å²) in [6.45, 7) is 1.90. The van der Waals surface area contributed by atoms with Crippen LogP contribution in [-0.2, 0) is 11.3 Å². The average Bonchev–Trinajstić information content (AvgIpc) is 2.73. The first-order chi connectivity index (χ1) is 14.0. The Hall–Kier alpha value is -2.69. The Morgan fingerprint density at radius 2 is 1.72 bits per heavy atom. The summed E-state index contributed by atoms with van der Waals surface area (Å²) < 4.78 is 19.5. The van der Waals surface area contributed by atoms with E-state index in [0.717, 1.165) is 24.8 Å². The molecule has 152 valence electrons. The standard InChI is InChI=1S/C24H26FNO3/c1-16-21(11-6-12-22(16)25)23(27)18-13-19-9-5-10-20(14-18)26(19)24(28)29-15-17-7-3-2-4-8-17/h2-4,6-8,11-12,18-20H,5,9-10,13-15H2,1H3. The first kappa shape index (κ1) is 19.6. The topological polar surface area (TPSA) is 46.6 Å². The summed E-state index contributed by atoms with van der Waals surface area (Å²) in [5.74, 6) is -0.529. The number of rotatable bonds is 4. The fourth-order valence-electron chi connectivity index (χ4n) is 4.78. The van der Waals surface area contributed by atoms with Gasteiger partial charge in [-0.25, -0.2) is 9.18 Å². The highest BCUT2D eigenvalue weighted by molar-refractivity contribution is 5.99. The zero-order valence-corrected chi connectivity index (χ0v) is 16.6. The number of amides is 1. The lowest BCUT2D eigenvalue weighted by Crippen LogP contribution is -2.55. The molecule has 1 amide bonds. The Balaban J connectivity index is 1.45. The van der Waals surface area contributed by atoms with Crippen molar-refractivity contribution in [1.29, 1.82) is 0 Å². The summed E-state index contributed by atoms with van der Waals surface area (Å²) in [5, 5.41) is 0. The fourth-order valence-corrected chi connectivity index (χ4v) is 4.78. The minimum absolute atomic E-state index is 0.00352. The maximum atomic E-state index is 13.9. The molecule has 2 fully saturated rings. The minimum atomic E-state index is -0.349. The number of fused-ring (bicyclic) bond motifs is 2. The average molecular weight is 395 g/mol. The third-order valence-electron chi connectivity index (χ3n) is 6.29. The monoisotopic (exact) mass is 395 g/mol. The third kappa shape index (κ3) is 4.04. The number of ketones is 1. The predicted molar refractivity (Wildman–Crippen MR) is 108 cm³/mol. The van der Waals surface area contributed by atoms with Crippen molar-refractivity contribution in [2.24, 2.45) is 5.92 Å².